The number of halogens is 2. The second kappa shape index (κ2) is 11.0. The van der Waals surface area contributed by atoms with E-state index < -0.39 is 24.1 Å². The Morgan fingerprint density at radius 3 is 1.43 bits per heavy atom. The molecule has 0 amide bonds. The predicted molar refractivity (Wildman–Crippen MR) is 119 cm³/mol. The number of carbonyl (C=O) groups is 2. The Labute approximate surface area is 186 Å². The summed E-state index contributed by atoms with van der Waals surface area (Å²) in [5.74, 6) is -0.927. The predicted octanol–water partition coefficient (Wildman–Crippen LogP) is 6.12. The fourth-order valence-corrected chi connectivity index (χ4v) is 3.44. The van der Waals surface area contributed by atoms with Crippen molar-refractivity contribution in [2.24, 2.45) is 0 Å². The minimum atomic E-state index is -0.463. The molecule has 0 bridgehead atoms. The standard InChI is InChI=1S/C24H22Cl2O4/c25-19-11-5-17(6-12-19)9-15-23(27)29-21-3-1-2-4-22(21)30-24(28)16-10-18-7-13-20(26)14-8-18/h5-16,21-22H,1-4H2/t21-,22-/m0/s1. The average molecular weight is 445 g/mol. The highest BCUT2D eigenvalue weighted by atomic mass is 35.5. The van der Waals surface area contributed by atoms with Gasteiger partial charge < -0.3 is 9.47 Å². The summed E-state index contributed by atoms with van der Waals surface area (Å²) in [5.41, 5.74) is 1.69. The summed E-state index contributed by atoms with van der Waals surface area (Å²) in [6, 6.07) is 14.2. The zero-order valence-corrected chi connectivity index (χ0v) is 17.8. The zero-order valence-electron chi connectivity index (χ0n) is 16.3. The third-order valence-corrected chi connectivity index (χ3v) is 5.24. The van der Waals surface area contributed by atoms with Crippen LogP contribution in [0.25, 0.3) is 12.2 Å². The molecule has 0 heterocycles. The van der Waals surface area contributed by atoms with Crippen LogP contribution in [0, 0.1) is 0 Å². The Morgan fingerprint density at radius 1 is 0.700 bits per heavy atom. The van der Waals surface area contributed by atoms with Gasteiger partial charge in [-0.3, -0.25) is 0 Å². The molecule has 4 nitrogen and oxygen atoms in total. The first kappa shape index (κ1) is 22.1. The van der Waals surface area contributed by atoms with Crippen molar-refractivity contribution in [1.29, 1.82) is 0 Å². The van der Waals surface area contributed by atoms with Crippen LogP contribution in [0.3, 0.4) is 0 Å². The van der Waals surface area contributed by atoms with E-state index in [2.05, 4.69) is 0 Å². The molecule has 2 aromatic rings. The lowest BCUT2D eigenvalue weighted by atomic mass is 9.94. The molecule has 1 fully saturated rings. The van der Waals surface area contributed by atoms with E-state index in [-0.39, 0.29) is 0 Å². The van der Waals surface area contributed by atoms with Crippen LogP contribution < -0.4 is 0 Å². The van der Waals surface area contributed by atoms with E-state index >= 15 is 0 Å². The fraction of sp³-hybridized carbons (Fsp3) is 0.250. The topological polar surface area (TPSA) is 52.6 Å². The summed E-state index contributed by atoms with van der Waals surface area (Å²) in [4.78, 5) is 24.4. The summed E-state index contributed by atoms with van der Waals surface area (Å²) < 4.78 is 11.1. The number of carbonyl (C=O) groups excluding carboxylic acids is 2. The van der Waals surface area contributed by atoms with Gasteiger partial charge >= 0.3 is 11.9 Å². The van der Waals surface area contributed by atoms with Gasteiger partial charge in [-0.25, -0.2) is 9.59 Å². The summed E-state index contributed by atoms with van der Waals surface area (Å²) in [5, 5.41) is 1.26. The number of esters is 2. The van der Waals surface area contributed by atoms with E-state index in [0.717, 1.165) is 24.0 Å². The smallest absolute Gasteiger partial charge is 0.331 e. The minimum absolute atomic E-state index is 0.450. The van der Waals surface area contributed by atoms with E-state index in [1.807, 2.05) is 24.3 Å². The van der Waals surface area contributed by atoms with Crippen LogP contribution in [0.15, 0.2) is 60.7 Å². The van der Waals surface area contributed by atoms with Crippen molar-refractivity contribution < 1.29 is 19.1 Å². The first-order valence-electron chi connectivity index (χ1n) is 9.78. The van der Waals surface area contributed by atoms with Gasteiger partial charge in [0.05, 0.1) is 0 Å². The Balaban J connectivity index is 1.54. The molecule has 3 rings (SSSR count). The Morgan fingerprint density at radius 2 is 1.07 bits per heavy atom. The van der Waals surface area contributed by atoms with Crippen LogP contribution in [0.1, 0.15) is 36.8 Å². The summed E-state index contributed by atoms with van der Waals surface area (Å²) >= 11 is 11.7. The van der Waals surface area contributed by atoms with Crippen molar-refractivity contribution in [2.45, 2.75) is 37.9 Å². The Kier molecular flexibility index (Phi) is 8.12. The molecule has 0 aliphatic heterocycles. The van der Waals surface area contributed by atoms with Gasteiger partial charge in [-0.2, -0.15) is 0 Å². The molecule has 1 aliphatic carbocycles. The molecule has 1 saturated carbocycles. The van der Waals surface area contributed by atoms with E-state index in [0.29, 0.717) is 22.9 Å². The first-order valence-corrected chi connectivity index (χ1v) is 10.5. The molecule has 156 valence electrons. The summed E-state index contributed by atoms with van der Waals surface area (Å²) in [6.07, 6.45) is 8.35. The molecular weight excluding hydrogens is 423 g/mol. The van der Waals surface area contributed by atoms with Crippen LogP contribution in [-0.2, 0) is 19.1 Å². The van der Waals surface area contributed by atoms with Gasteiger partial charge in [0.25, 0.3) is 0 Å². The summed E-state index contributed by atoms with van der Waals surface area (Å²) in [7, 11) is 0. The van der Waals surface area contributed by atoms with Crippen LogP contribution in [0.5, 0.6) is 0 Å². The van der Waals surface area contributed by atoms with Crippen molar-refractivity contribution in [1.82, 2.24) is 0 Å². The average Bonchev–Trinajstić information content (AvgIpc) is 2.74. The molecule has 0 aromatic heterocycles. The van der Waals surface area contributed by atoms with Crippen molar-refractivity contribution in [3.8, 4) is 0 Å². The quantitative estimate of drug-likeness (QED) is 0.397. The minimum Gasteiger partial charge on any atom is -0.455 e. The lowest BCUT2D eigenvalue weighted by Crippen LogP contribution is -2.37. The highest BCUT2D eigenvalue weighted by molar-refractivity contribution is 6.30. The van der Waals surface area contributed by atoms with Gasteiger partial charge in [0.15, 0.2) is 0 Å². The monoisotopic (exact) mass is 444 g/mol. The molecule has 2 atom stereocenters. The van der Waals surface area contributed by atoms with Gasteiger partial charge in [-0.1, -0.05) is 47.5 Å². The van der Waals surface area contributed by atoms with Crippen LogP contribution in [0.2, 0.25) is 10.0 Å². The zero-order chi connectivity index (χ0) is 21.3. The SMILES string of the molecule is O=C(C=Cc1ccc(Cl)cc1)O[C@H]1CCCC[C@@H]1OC(=O)C=Cc1ccc(Cl)cc1. The number of rotatable bonds is 6. The highest BCUT2D eigenvalue weighted by Gasteiger charge is 2.30. The second-order valence-corrected chi connectivity index (χ2v) is 7.88. The summed E-state index contributed by atoms with van der Waals surface area (Å²) in [6.45, 7) is 0. The number of hydrogen-bond acceptors (Lipinski definition) is 4. The fourth-order valence-electron chi connectivity index (χ4n) is 3.19. The third kappa shape index (κ3) is 7.05. The number of hydrogen-bond donors (Lipinski definition) is 0. The maximum Gasteiger partial charge on any atom is 0.331 e. The van der Waals surface area contributed by atoms with Crippen LogP contribution >= 0.6 is 23.2 Å². The molecule has 0 unspecified atom stereocenters. The Bertz CT molecular complexity index is 840. The van der Waals surface area contributed by atoms with Gasteiger partial charge in [-0.05, 0) is 73.2 Å². The van der Waals surface area contributed by atoms with Gasteiger partial charge in [-0.15, -0.1) is 0 Å². The maximum atomic E-state index is 12.2. The molecule has 0 spiro atoms. The van der Waals surface area contributed by atoms with E-state index in [1.54, 1.807) is 36.4 Å². The van der Waals surface area contributed by atoms with E-state index in [1.165, 1.54) is 12.2 Å². The van der Waals surface area contributed by atoms with E-state index in [4.69, 9.17) is 32.7 Å². The normalized spacial score (nSPS) is 19.1. The molecule has 0 saturated heterocycles. The van der Waals surface area contributed by atoms with Crippen LogP contribution in [0.4, 0.5) is 0 Å². The van der Waals surface area contributed by atoms with Crippen molar-refractivity contribution in [3.05, 3.63) is 81.9 Å². The van der Waals surface area contributed by atoms with E-state index in [9.17, 15) is 9.59 Å². The van der Waals surface area contributed by atoms with Gasteiger partial charge in [0, 0.05) is 22.2 Å². The maximum absolute atomic E-state index is 12.2. The molecule has 0 N–H and O–H groups in total. The largest absolute Gasteiger partial charge is 0.455 e. The molecule has 6 heteroatoms. The third-order valence-electron chi connectivity index (χ3n) is 4.74. The van der Waals surface area contributed by atoms with Crippen molar-refractivity contribution >= 4 is 47.3 Å². The van der Waals surface area contributed by atoms with Crippen molar-refractivity contribution in [2.75, 3.05) is 0 Å². The second-order valence-electron chi connectivity index (χ2n) is 7.00. The molecular formula is C24H22Cl2O4. The lowest BCUT2D eigenvalue weighted by molar-refractivity contribution is -0.165. The molecule has 30 heavy (non-hydrogen) atoms. The number of ether oxygens (including phenoxy) is 2. The molecule has 2 aromatic carbocycles. The van der Waals surface area contributed by atoms with Crippen LogP contribution in [-0.4, -0.2) is 24.1 Å². The van der Waals surface area contributed by atoms with Gasteiger partial charge in [0.1, 0.15) is 12.2 Å². The first-order chi connectivity index (χ1) is 14.5. The molecule has 0 radical (unpaired) electrons. The van der Waals surface area contributed by atoms with Crippen molar-refractivity contribution in [3.63, 3.8) is 0 Å². The number of benzene rings is 2. The van der Waals surface area contributed by atoms with Gasteiger partial charge in [0.2, 0.25) is 0 Å². The highest BCUT2D eigenvalue weighted by Crippen LogP contribution is 2.25. The Hall–Kier alpha value is -2.56. The lowest BCUT2D eigenvalue weighted by Gasteiger charge is -2.30. The molecule has 1 aliphatic rings.